The maximum Gasteiger partial charge on any atom is 0.427 e. The number of carbonyl (C=O) groups excluding carboxylic acids is 2. The SMILES string of the molecule is Nc1nc(C(C=O)N(C(=O)O)N2CCN(N=Cc3ccco3)C2=O)cs1. The fourth-order valence-corrected chi connectivity index (χ4v) is 2.97. The first-order valence-corrected chi connectivity index (χ1v) is 8.24. The van der Waals surface area contributed by atoms with Crippen molar-refractivity contribution in [3.63, 3.8) is 0 Å². The summed E-state index contributed by atoms with van der Waals surface area (Å²) in [4.78, 5) is 39.7. The molecule has 3 heterocycles. The molecule has 2 aromatic heterocycles. The molecule has 1 aliphatic heterocycles. The van der Waals surface area contributed by atoms with Gasteiger partial charge >= 0.3 is 12.1 Å². The largest absolute Gasteiger partial charge is 0.464 e. The number of furan rings is 1. The summed E-state index contributed by atoms with van der Waals surface area (Å²) in [6.07, 6.45) is 1.72. The summed E-state index contributed by atoms with van der Waals surface area (Å²) in [5.74, 6) is 0.440. The molecule has 3 amide bonds. The molecule has 1 atom stereocenters. The van der Waals surface area contributed by atoms with E-state index in [1.54, 1.807) is 12.1 Å². The van der Waals surface area contributed by atoms with Gasteiger partial charge < -0.3 is 20.1 Å². The number of hydrazine groups is 1. The van der Waals surface area contributed by atoms with E-state index in [2.05, 4.69) is 10.1 Å². The summed E-state index contributed by atoms with van der Waals surface area (Å²) in [7, 11) is 0. The normalized spacial score (nSPS) is 15.6. The van der Waals surface area contributed by atoms with E-state index in [-0.39, 0.29) is 23.9 Å². The van der Waals surface area contributed by atoms with Gasteiger partial charge in [0.2, 0.25) is 0 Å². The van der Waals surface area contributed by atoms with Crippen LogP contribution in [0.3, 0.4) is 0 Å². The molecule has 0 aliphatic carbocycles. The predicted molar refractivity (Wildman–Crippen MR) is 90.3 cm³/mol. The summed E-state index contributed by atoms with van der Waals surface area (Å²) >= 11 is 1.07. The maximum absolute atomic E-state index is 12.5. The highest BCUT2D eigenvalue weighted by Crippen LogP contribution is 2.26. The van der Waals surface area contributed by atoms with Gasteiger partial charge in [-0.15, -0.1) is 11.3 Å². The van der Waals surface area contributed by atoms with Crippen LogP contribution in [0, 0.1) is 0 Å². The van der Waals surface area contributed by atoms with E-state index in [9.17, 15) is 19.5 Å². The van der Waals surface area contributed by atoms with Crippen molar-refractivity contribution >= 4 is 41.1 Å². The van der Waals surface area contributed by atoms with Gasteiger partial charge in [0.15, 0.2) is 17.5 Å². The monoisotopic (exact) mass is 378 g/mol. The molecule has 3 N–H and O–H groups in total. The highest BCUT2D eigenvalue weighted by atomic mass is 32.1. The summed E-state index contributed by atoms with van der Waals surface area (Å²) in [5, 5.41) is 17.8. The first kappa shape index (κ1) is 17.4. The number of aromatic nitrogens is 1. The van der Waals surface area contributed by atoms with Crippen LogP contribution in [0.5, 0.6) is 0 Å². The molecule has 0 bridgehead atoms. The highest BCUT2D eigenvalue weighted by Gasteiger charge is 2.40. The Hall–Kier alpha value is -3.41. The molecule has 26 heavy (non-hydrogen) atoms. The lowest BCUT2D eigenvalue weighted by Crippen LogP contribution is -2.50. The Kier molecular flexibility index (Phi) is 4.84. The molecule has 11 nitrogen and oxygen atoms in total. The number of rotatable bonds is 6. The summed E-state index contributed by atoms with van der Waals surface area (Å²) in [6, 6.07) is 1.34. The fraction of sp³-hybridized carbons (Fsp3) is 0.214. The number of carboxylic acid groups (broad SMARTS) is 1. The molecule has 1 saturated heterocycles. The lowest BCUT2D eigenvalue weighted by Gasteiger charge is -2.31. The highest BCUT2D eigenvalue weighted by molar-refractivity contribution is 7.13. The Bertz CT molecular complexity index is 835. The third kappa shape index (κ3) is 3.35. The average molecular weight is 378 g/mol. The van der Waals surface area contributed by atoms with E-state index >= 15 is 0 Å². The van der Waals surface area contributed by atoms with E-state index < -0.39 is 18.2 Å². The maximum atomic E-state index is 12.5. The quantitative estimate of drug-likeness (QED) is 0.568. The Morgan fingerprint density at radius 1 is 1.54 bits per heavy atom. The Balaban J connectivity index is 1.81. The number of hydrazone groups is 1. The number of nitrogen functional groups attached to an aromatic ring is 1. The number of aldehydes is 1. The van der Waals surface area contributed by atoms with Gasteiger partial charge in [0.05, 0.1) is 31.3 Å². The van der Waals surface area contributed by atoms with Crippen molar-refractivity contribution in [1.29, 1.82) is 0 Å². The minimum absolute atomic E-state index is 0.0323. The van der Waals surface area contributed by atoms with Crippen LogP contribution >= 0.6 is 11.3 Å². The summed E-state index contributed by atoms with van der Waals surface area (Å²) < 4.78 is 5.09. The van der Waals surface area contributed by atoms with Gasteiger partial charge in [0.25, 0.3) is 0 Å². The minimum Gasteiger partial charge on any atom is -0.464 e. The minimum atomic E-state index is -1.47. The van der Waals surface area contributed by atoms with Gasteiger partial charge in [-0.25, -0.2) is 24.6 Å². The number of hydrogen-bond acceptors (Lipinski definition) is 8. The average Bonchev–Trinajstić information content (AvgIpc) is 3.33. The van der Waals surface area contributed by atoms with Crippen LogP contribution in [-0.4, -0.2) is 62.8 Å². The zero-order valence-corrected chi connectivity index (χ0v) is 14.1. The van der Waals surface area contributed by atoms with Gasteiger partial charge in [-0.2, -0.15) is 10.1 Å². The van der Waals surface area contributed by atoms with Crippen LogP contribution in [0.1, 0.15) is 17.5 Å². The Morgan fingerprint density at radius 3 is 2.92 bits per heavy atom. The molecular formula is C14H14N6O5S. The van der Waals surface area contributed by atoms with Crippen molar-refractivity contribution in [1.82, 2.24) is 20.0 Å². The topological polar surface area (TPSA) is 146 Å². The van der Waals surface area contributed by atoms with Crippen LogP contribution in [0.15, 0.2) is 33.3 Å². The number of hydrogen-bond donors (Lipinski definition) is 2. The van der Waals surface area contributed by atoms with Crippen molar-refractivity contribution in [3.8, 4) is 0 Å². The van der Waals surface area contributed by atoms with Crippen molar-refractivity contribution in [2.24, 2.45) is 5.10 Å². The van der Waals surface area contributed by atoms with E-state index in [0.29, 0.717) is 17.1 Å². The molecule has 0 aromatic carbocycles. The number of urea groups is 1. The standard InChI is InChI=1S/C14H14N6O5S/c15-12-17-10(8-26-12)11(7-21)20(14(23)24)19-4-3-18(13(19)22)16-6-9-2-1-5-25-9/h1-2,5-8,11H,3-4H2,(H2,15,17)(H,23,24). The van der Waals surface area contributed by atoms with Crippen molar-refractivity contribution in [2.45, 2.75) is 6.04 Å². The van der Waals surface area contributed by atoms with E-state index in [1.165, 1.54) is 17.9 Å². The zero-order valence-electron chi connectivity index (χ0n) is 13.3. The Morgan fingerprint density at radius 2 is 2.35 bits per heavy atom. The van der Waals surface area contributed by atoms with Gasteiger partial charge in [-0.1, -0.05) is 0 Å². The number of anilines is 1. The second kappa shape index (κ2) is 7.23. The van der Waals surface area contributed by atoms with E-state index in [1.807, 2.05) is 0 Å². The lowest BCUT2D eigenvalue weighted by atomic mass is 10.2. The molecule has 0 saturated carbocycles. The number of nitrogens with zero attached hydrogens (tertiary/aromatic N) is 5. The molecule has 0 radical (unpaired) electrons. The molecular weight excluding hydrogens is 364 g/mol. The number of thiazole rings is 1. The van der Waals surface area contributed by atoms with Gasteiger partial charge in [-0.3, -0.25) is 0 Å². The molecule has 3 rings (SSSR count). The second-order valence-corrected chi connectivity index (χ2v) is 6.00. The Labute approximate surface area is 150 Å². The number of nitrogens with two attached hydrogens (primary N) is 1. The summed E-state index contributed by atoms with van der Waals surface area (Å²) in [6.45, 7) is 0.176. The molecule has 136 valence electrons. The zero-order chi connectivity index (χ0) is 18.7. The van der Waals surface area contributed by atoms with Crippen LogP contribution in [0.25, 0.3) is 0 Å². The molecule has 0 spiro atoms. The molecule has 2 aromatic rings. The van der Waals surface area contributed by atoms with Crippen molar-refractivity contribution in [3.05, 3.63) is 35.2 Å². The fourth-order valence-electron chi connectivity index (χ4n) is 2.37. The first-order chi connectivity index (χ1) is 12.5. The van der Waals surface area contributed by atoms with Crippen LogP contribution < -0.4 is 5.73 Å². The van der Waals surface area contributed by atoms with Gasteiger partial charge in [0, 0.05) is 5.38 Å². The second-order valence-electron chi connectivity index (χ2n) is 5.11. The van der Waals surface area contributed by atoms with Crippen LogP contribution in [0.2, 0.25) is 0 Å². The van der Waals surface area contributed by atoms with E-state index in [0.717, 1.165) is 21.4 Å². The number of carbonyl (C=O) groups is 3. The van der Waals surface area contributed by atoms with Crippen LogP contribution in [-0.2, 0) is 4.79 Å². The smallest absolute Gasteiger partial charge is 0.427 e. The van der Waals surface area contributed by atoms with Gasteiger partial charge in [-0.05, 0) is 12.1 Å². The van der Waals surface area contributed by atoms with Crippen molar-refractivity contribution < 1.29 is 23.9 Å². The third-order valence-corrected chi connectivity index (χ3v) is 4.22. The number of amides is 3. The third-order valence-electron chi connectivity index (χ3n) is 3.52. The van der Waals surface area contributed by atoms with Gasteiger partial charge in [0.1, 0.15) is 5.76 Å². The molecule has 1 aliphatic rings. The van der Waals surface area contributed by atoms with Crippen molar-refractivity contribution in [2.75, 3.05) is 18.8 Å². The molecule has 12 heteroatoms. The first-order valence-electron chi connectivity index (χ1n) is 7.36. The lowest BCUT2D eigenvalue weighted by molar-refractivity contribution is -0.116. The predicted octanol–water partition coefficient (Wildman–Crippen LogP) is 1.23. The van der Waals surface area contributed by atoms with Crippen LogP contribution in [0.4, 0.5) is 14.7 Å². The molecule has 1 fully saturated rings. The summed E-state index contributed by atoms with van der Waals surface area (Å²) in [5.41, 5.74) is 5.69. The molecule has 1 unspecified atom stereocenters. The van der Waals surface area contributed by atoms with E-state index in [4.69, 9.17) is 10.2 Å².